The monoisotopic (exact) mass is 462 g/mol. The minimum atomic E-state index is -3.79. The third-order valence-corrected chi connectivity index (χ3v) is 6.85. The Morgan fingerprint density at radius 3 is 2.63 bits per heavy atom. The molecular formula is C17H23BrN2O6S. The summed E-state index contributed by atoms with van der Waals surface area (Å²) >= 11 is 3.23. The van der Waals surface area contributed by atoms with Gasteiger partial charge >= 0.3 is 5.97 Å². The SMILES string of the molecule is CCCNC(=O)C(C)OC(=O)c1ccc(Br)c(S(=O)(=O)N2CCOCC2)c1. The standard InChI is InChI=1S/C17H23BrN2O6S/c1-3-6-19-16(21)12(2)26-17(22)13-4-5-14(18)15(11-13)27(23,24)20-7-9-25-10-8-20/h4-5,11-12H,3,6-10H2,1-2H3,(H,19,21). The Labute approximate surface area is 167 Å². The Kier molecular flexibility index (Phi) is 7.78. The minimum absolute atomic E-state index is 0.0260. The number of benzene rings is 1. The number of carbonyl (C=O) groups excluding carboxylic acids is 2. The second kappa shape index (κ2) is 9.63. The summed E-state index contributed by atoms with van der Waals surface area (Å²) in [4.78, 5) is 24.2. The van der Waals surface area contributed by atoms with Crippen LogP contribution < -0.4 is 5.32 Å². The Hall–Kier alpha value is -1.49. The van der Waals surface area contributed by atoms with E-state index in [9.17, 15) is 18.0 Å². The molecule has 1 N–H and O–H groups in total. The van der Waals surface area contributed by atoms with Gasteiger partial charge in [0.25, 0.3) is 5.91 Å². The zero-order chi connectivity index (χ0) is 20.0. The van der Waals surface area contributed by atoms with Crippen molar-refractivity contribution >= 4 is 37.8 Å². The van der Waals surface area contributed by atoms with Gasteiger partial charge in [0, 0.05) is 24.1 Å². The number of ether oxygens (including phenoxy) is 2. The summed E-state index contributed by atoms with van der Waals surface area (Å²) in [6, 6.07) is 4.18. The van der Waals surface area contributed by atoms with E-state index in [1.165, 1.54) is 29.4 Å². The molecule has 10 heteroatoms. The molecule has 1 fully saturated rings. The lowest BCUT2D eigenvalue weighted by Gasteiger charge is -2.26. The van der Waals surface area contributed by atoms with Crippen molar-refractivity contribution in [2.45, 2.75) is 31.3 Å². The van der Waals surface area contributed by atoms with Crippen molar-refractivity contribution in [3.8, 4) is 0 Å². The van der Waals surface area contributed by atoms with Crippen molar-refractivity contribution in [3.63, 3.8) is 0 Å². The van der Waals surface area contributed by atoms with Crippen molar-refractivity contribution in [2.75, 3.05) is 32.8 Å². The Balaban J connectivity index is 2.18. The Morgan fingerprint density at radius 2 is 2.00 bits per heavy atom. The lowest BCUT2D eigenvalue weighted by Crippen LogP contribution is -2.40. The van der Waals surface area contributed by atoms with Crippen molar-refractivity contribution in [2.24, 2.45) is 0 Å². The fraction of sp³-hybridized carbons (Fsp3) is 0.529. The maximum absolute atomic E-state index is 12.9. The number of nitrogens with one attached hydrogen (secondary N) is 1. The number of amides is 1. The molecule has 2 rings (SSSR count). The quantitative estimate of drug-likeness (QED) is 0.616. The van der Waals surface area contributed by atoms with Gasteiger partial charge in [-0.05, 0) is 47.5 Å². The van der Waals surface area contributed by atoms with Gasteiger partial charge in [-0.1, -0.05) is 6.92 Å². The van der Waals surface area contributed by atoms with Crippen molar-refractivity contribution in [1.29, 1.82) is 0 Å². The molecule has 0 bridgehead atoms. The van der Waals surface area contributed by atoms with Gasteiger partial charge in [0.05, 0.1) is 23.7 Å². The van der Waals surface area contributed by atoms with E-state index >= 15 is 0 Å². The van der Waals surface area contributed by atoms with Crippen LogP contribution >= 0.6 is 15.9 Å². The maximum Gasteiger partial charge on any atom is 0.338 e. The Bertz CT molecular complexity index is 793. The van der Waals surface area contributed by atoms with Gasteiger partial charge in [-0.25, -0.2) is 13.2 Å². The molecule has 1 aliphatic rings. The van der Waals surface area contributed by atoms with Crippen LogP contribution in [0.1, 0.15) is 30.6 Å². The number of hydrogen-bond acceptors (Lipinski definition) is 6. The molecule has 1 unspecified atom stereocenters. The first-order chi connectivity index (χ1) is 12.8. The minimum Gasteiger partial charge on any atom is -0.449 e. The van der Waals surface area contributed by atoms with E-state index in [1.54, 1.807) is 0 Å². The number of esters is 1. The predicted molar refractivity (Wildman–Crippen MR) is 102 cm³/mol. The van der Waals surface area contributed by atoms with Crippen molar-refractivity contribution < 1.29 is 27.5 Å². The van der Waals surface area contributed by atoms with Crippen LogP contribution in [-0.4, -0.2) is 63.6 Å². The largest absolute Gasteiger partial charge is 0.449 e. The van der Waals surface area contributed by atoms with Gasteiger partial charge in [0.2, 0.25) is 10.0 Å². The van der Waals surface area contributed by atoms with E-state index in [0.29, 0.717) is 24.2 Å². The molecule has 0 radical (unpaired) electrons. The highest BCUT2D eigenvalue weighted by Crippen LogP contribution is 2.27. The maximum atomic E-state index is 12.9. The van der Waals surface area contributed by atoms with E-state index in [2.05, 4.69) is 21.2 Å². The van der Waals surface area contributed by atoms with Crippen LogP contribution in [0.3, 0.4) is 0 Å². The molecule has 1 saturated heterocycles. The highest BCUT2D eigenvalue weighted by molar-refractivity contribution is 9.10. The van der Waals surface area contributed by atoms with Gasteiger partial charge in [0.1, 0.15) is 0 Å². The van der Waals surface area contributed by atoms with Gasteiger partial charge in [-0.2, -0.15) is 4.31 Å². The van der Waals surface area contributed by atoms with Crippen LogP contribution in [0.15, 0.2) is 27.6 Å². The van der Waals surface area contributed by atoms with Crippen LogP contribution in [0.4, 0.5) is 0 Å². The first kappa shape index (κ1) is 21.8. The average Bonchev–Trinajstić information content (AvgIpc) is 2.66. The predicted octanol–water partition coefficient (Wildman–Crippen LogP) is 1.54. The molecule has 0 aliphatic carbocycles. The summed E-state index contributed by atoms with van der Waals surface area (Å²) < 4.78 is 37.7. The topological polar surface area (TPSA) is 102 Å². The van der Waals surface area contributed by atoms with Gasteiger partial charge in [0.15, 0.2) is 6.10 Å². The number of sulfonamides is 1. The third-order valence-electron chi connectivity index (χ3n) is 3.96. The fourth-order valence-corrected chi connectivity index (χ4v) is 4.79. The van der Waals surface area contributed by atoms with E-state index in [4.69, 9.17) is 9.47 Å². The highest BCUT2D eigenvalue weighted by Gasteiger charge is 2.29. The molecule has 27 heavy (non-hydrogen) atoms. The molecule has 1 amide bonds. The second-order valence-electron chi connectivity index (χ2n) is 6.00. The van der Waals surface area contributed by atoms with E-state index in [-0.39, 0.29) is 23.5 Å². The summed E-state index contributed by atoms with van der Waals surface area (Å²) in [6.07, 6.45) is -0.214. The van der Waals surface area contributed by atoms with Crippen LogP contribution in [0, 0.1) is 0 Å². The van der Waals surface area contributed by atoms with Crippen molar-refractivity contribution in [3.05, 3.63) is 28.2 Å². The summed E-state index contributed by atoms with van der Waals surface area (Å²) in [7, 11) is -3.79. The molecule has 0 saturated carbocycles. The third kappa shape index (κ3) is 5.50. The second-order valence-corrected chi connectivity index (χ2v) is 8.76. The van der Waals surface area contributed by atoms with E-state index in [0.717, 1.165) is 6.42 Å². The van der Waals surface area contributed by atoms with Crippen molar-refractivity contribution in [1.82, 2.24) is 9.62 Å². The van der Waals surface area contributed by atoms with Crippen LogP contribution in [0.2, 0.25) is 0 Å². The normalized spacial score (nSPS) is 16.6. The van der Waals surface area contributed by atoms with Crippen LogP contribution in [-0.2, 0) is 24.3 Å². The molecule has 1 aromatic carbocycles. The lowest BCUT2D eigenvalue weighted by molar-refractivity contribution is -0.129. The number of carbonyl (C=O) groups is 2. The van der Waals surface area contributed by atoms with E-state index in [1.807, 2.05) is 6.92 Å². The molecule has 0 spiro atoms. The summed E-state index contributed by atoms with van der Waals surface area (Å²) in [5.41, 5.74) is 0.0557. The smallest absolute Gasteiger partial charge is 0.338 e. The molecule has 0 aromatic heterocycles. The fourth-order valence-electron chi connectivity index (χ4n) is 2.43. The van der Waals surface area contributed by atoms with Gasteiger partial charge in [-0.3, -0.25) is 4.79 Å². The molecule has 1 heterocycles. The Morgan fingerprint density at radius 1 is 1.33 bits per heavy atom. The average molecular weight is 463 g/mol. The summed E-state index contributed by atoms with van der Waals surface area (Å²) in [6.45, 7) is 5.01. The number of rotatable bonds is 7. The number of halogens is 1. The zero-order valence-electron chi connectivity index (χ0n) is 15.2. The molecule has 1 aromatic rings. The molecule has 8 nitrogen and oxygen atoms in total. The lowest BCUT2D eigenvalue weighted by atomic mass is 10.2. The molecule has 1 aliphatic heterocycles. The molecule has 1 atom stereocenters. The van der Waals surface area contributed by atoms with Gasteiger partial charge in [-0.15, -0.1) is 0 Å². The molecule has 150 valence electrons. The number of hydrogen-bond donors (Lipinski definition) is 1. The summed E-state index contributed by atoms with van der Waals surface area (Å²) in [5.74, 6) is -1.16. The van der Waals surface area contributed by atoms with E-state index < -0.39 is 28.0 Å². The first-order valence-corrected chi connectivity index (χ1v) is 10.9. The van der Waals surface area contributed by atoms with Gasteiger partial charge < -0.3 is 14.8 Å². The van der Waals surface area contributed by atoms with Crippen LogP contribution in [0.25, 0.3) is 0 Å². The first-order valence-electron chi connectivity index (χ1n) is 8.63. The summed E-state index contributed by atoms with van der Waals surface area (Å²) in [5, 5.41) is 2.64. The van der Waals surface area contributed by atoms with Crippen LogP contribution in [0.5, 0.6) is 0 Å². The number of morpholine rings is 1. The molecular weight excluding hydrogens is 440 g/mol. The zero-order valence-corrected chi connectivity index (χ0v) is 17.6. The highest BCUT2D eigenvalue weighted by atomic mass is 79.9. The number of nitrogens with zero attached hydrogens (tertiary/aromatic N) is 1.